The van der Waals surface area contributed by atoms with Crippen molar-refractivity contribution in [3.8, 4) is 0 Å². The predicted molar refractivity (Wildman–Crippen MR) is 120 cm³/mol. The van der Waals surface area contributed by atoms with E-state index in [-0.39, 0.29) is 11.8 Å². The van der Waals surface area contributed by atoms with Crippen molar-refractivity contribution in [1.29, 1.82) is 0 Å². The number of nitrogens with zero attached hydrogens (tertiary/aromatic N) is 3. The Bertz CT molecular complexity index is 1110. The number of hydrogen-bond donors (Lipinski definition) is 1. The molecule has 0 radical (unpaired) electrons. The van der Waals surface area contributed by atoms with Crippen LogP contribution in [0, 0.1) is 28.6 Å². The minimum atomic E-state index is -0.0461. The Labute approximate surface area is 188 Å². The summed E-state index contributed by atoms with van der Waals surface area (Å²) in [5, 5.41) is 3.32. The standard InChI is InChI=1S/C26H32N4O2/c31-23(27-16-25-11-18-9-17-10-19(14-25)26(25,12-17)13-18)21-5-4-6-22-28-20(15-30(21)22)24(32)29-7-2-1-3-8-29/h4-6,15,17-19H,1-3,7-14,16H2,(H,27,31). The first-order valence-electron chi connectivity index (χ1n) is 12.6. The Balaban J connectivity index is 1.12. The van der Waals surface area contributed by atoms with E-state index < -0.39 is 0 Å². The van der Waals surface area contributed by atoms with Crippen molar-refractivity contribution in [2.45, 2.75) is 57.8 Å². The lowest BCUT2D eigenvalue weighted by atomic mass is 9.46. The molecular formula is C26H32N4O2. The Morgan fingerprint density at radius 3 is 2.75 bits per heavy atom. The number of imidazole rings is 1. The van der Waals surface area contributed by atoms with Gasteiger partial charge in [0.2, 0.25) is 0 Å². The lowest BCUT2D eigenvalue weighted by Gasteiger charge is -2.59. The maximum atomic E-state index is 13.3. The van der Waals surface area contributed by atoms with Gasteiger partial charge in [-0.15, -0.1) is 0 Å². The fourth-order valence-electron chi connectivity index (χ4n) is 8.79. The van der Waals surface area contributed by atoms with E-state index in [1.807, 2.05) is 23.1 Å². The van der Waals surface area contributed by atoms with Gasteiger partial charge < -0.3 is 10.2 Å². The molecule has 1 aliphatic heterocycles. The van der Waals surface area contributed by atoms with Crippen LogP contribution in [0.15, 0.2) is 24.4 Å². The first kappa shape index (κ1) is 19.1. The smallest absolute Gasteiger partial charge is 0.274 e. The lowest BCUT2D eigenvalue weighted by molar-refractivity contribution is -0.0960. The molecular weight excluding hydrogens is 400 g/mol. The van der Waals surface area contributed by atoms with Crippen molar-refractivity contribution in [2.75, 3.05) is 19.6 Å². The molecule has 5 atom stereocenters. The van der Waals surface area contributed by atoms with Crippen LogP contribution in [0.3, 0.4) is 0 Å². The number of amides is 2. The fourth-order valence-corrected chi connectivity index (χ4v) is 8.79. The highest BCUT2D eigenvalue weighted by Gasteiger charge is 2.73. The van der Waals surface area contributed by atoms with Gasteiger partial charge in [-0.2, -0.15) is 0 Å². The third kappa shape index (κ3) is 2.49. The van der Waals surface area contributed by atoms with E-state index in [1.54, 1.807) is 10.6 Å². The Morgan fingerprint density at radius 2 is 1.88 bits per heavy atom. The first-order valence-corrected chi connectivity index (χ1v) is 12.6. The molecule has 4 aliphatic carbocycles. The van der Waals surface area contributed by atoms with Crippen LogP contribution in [0.1, 0.15) is 78.8 Å². The van der Waals surface area contributed by atoms with E-state index in [1.165, 1.54) is 44.9 Å². The summed E-state index contributed by atoms with van der Waals surface area (Å²) in [6, 6.07) is 5.58. The molecule has 2 aromatic rings. The number of carbonyl (C=O) groups excluding carboxylic acids is 2. The van der Waals surface area contributed by atoms with Crippen LogP contribution in [0.2, 0.25) is 0 Å². The number of pyridine rings is 1. The van der Waals surface area contributed by atoms with Crippen LogP contribution in [-0.2, 0) is 0 Å². The molecule has 1 N–H and O–H groups in total. The van der Waals surface area contributed by atoms with E-state index in [0.29, 0.717) is 27.9 Å². The Kier molecular flexibility index (Phi) is 3.93. The average Bonchev–Trinajstić information content (AvgIpc) is 3.38. The van der Waals surface area contributed by atoms with Crippen LogP contribution in [0.4, 0.5) is 0 Å². The van der Waals surface area contributed by atoms with Gasteiger partial charge >= 0.3 is 0 Å². The number of likely N-dealkylation sites (tertiary alicyclic amines) is 1. The molecule has 3 bridgehead atoms. The second-order valence-electron chi connectivity index (χ2n) is 11.5. The van der Waals surface area contributed by atoms with Gasteiger partial charge in [-0.1, -0.05) is 6.07 Å². The molecule has 1 saturated heterocycles. The molecule has 0 aromatic carbocycles. The predicted octanol–water partition coefficient (Wildman–Crippen LogP) is 3.91. The van der Waals surface area contributed by atoms with Gasteiger partial charge in [-0.25, -0.2) is 4.98 Å². The van der Waals surface area contributed by atoms with Gasteiger partial charge in [0.1, 0.15) is 17.0 Å². The van der Waals surface area contributed by atoms with Gasteiger partial charge in [0.25, 0.3) is 11.8 Å². The highest BCUT2D eigenvalue weighted by atomic mass is 16.2. The molecule has 5 aliphatic rings. The SMILES string of the molecule is O=C(NCC12CC3CC4CC(C1)C2(C4)C3)c1cccc2nc(C(=O)N3CCCCC3)cn12. The topological polar surface area (TPSA) is 66.7 Å². The highest BCUT2D eigenvalue weighted by Crippen LogP contribution is 2.81. The number of hydrogen-bond acceptors (Lipinski definition) is 3. The number of rotatable bonds is 4. The van der Waals surface area contributed by atoms with Crippen molar-refractivity contribution < 1.29 is 9.59 Å². The molecule has 168 valence electrons. The maximum absolute atomic E-state index is 13.3. The van der Waals surface area contributed by atoms with Crippen molar-refractivity contribution in [3.63, 3.8) is 0 Å². The van der Waals surface area contributed by atoms with E-state index in [9.17, 15) is 9.59 Å². The molecule has 6 heteroatoms. The van der Waals surface area contributed by atoms with E-state index in [0.717, 1.165) is 50.2 Å². The fraction of sp³-hybridized carbons (Fsp3) is 0.654. The number of piperidine rings is 1. The monoisotopic (exact) mass is 432 g/mol. The number of nitrogens with one attached hydrogen (secondary N) is 1. The molecule has 3 heterocycles. The summed E-state index contributed by atoms with van der Waals surface area (Å²) in [6.07, 6.45) is 13.3. The van der Waals surface area contributed by atoms with Crippen molar-refractivity contribution in [3.05, 3.63) is 35.8 Å². The average molecular weight is 433 g/mol. The summed E-state index contributed by atoms with van der Waals surface area (Å²) in [6.45, 7) is 2.40. The molecule has 6 nitrogen and oxygen atoms in total. The second kappa shape index (κ2) is 6.58. The van der Waals surface area contributed by atoms with E-state index in [2.05, 4.69) is 10.3 Å². The van der Waals surface area contributed by atoms with Crippen LogP contribution < -0.4 is 5.32 Å². The van der Waals surface area contributed by atoms with Gasteiger partial charge in [0.15, 0.2) is 0 Å². The summed E-state index contributed by atoms with van der Waals surface area (Å²) in [5.41, 5.74) is 2.54. The Morgan fingerprint density at radius 1 is 1.03 bits per heavy atom. The van der Waals surface area contributed by atoms with Gasteiger partial charge in [0, 0.05) is 25.8 Å². The second-order valence-corrected chi connectivity index (χ2v) is 11.5. The lowest BCUT2D eigenvalue weighted by Crippen LogP contribution is -2.57. The summed E-state index contributed by atoms with van der Waals surface area (Å²) in [7, 11) is 0. The normalized spacial score (nSPS) is 36.9. The molecule has 1 spiro atoms. The van der Waals surface area contributed by atoms with Crippen LogP contribution in [0.25, 0.3) is 5.65 Å². The first-order chi connectivity index (χ1) is 15.6. The largest absolute Gasteiger partial charge is 0.350 e. The zero-order valence-electron chi connectivity index (χ0n) is 18.7. The van der Waals surface area contributed by atoms with Gasteiger partial charge in [0.05, 0.1) is 0 Å². The van der Waals surface area contributed by atoms with Crippen LogP contribution >= 0.6 is 0 Å². The molecule has 2 amide bonds. The summed E-state index contributed by atoms with van der Waals surface area (Å²) in [4.78, 5) is 32.7. The Hall–Kier alpha value is -2.37. The summed E-state index contributed by atoms with van der Waals surface area (Å²) >= 11 is 0. The minimum Gasteiger partial charge on any atom is -0.350 e. The molecule has 7 rings (SSSR count). The molecule has 5 fully saturated rings. The molecule has 2 aromatic heterocycles. The maximum Gasteiger partial charge on any atom is 0.274 e. The van der Waals surface area contributed by atoms with Gasteiger partial charge in [-0.3, -0.25) is 14.0 Å². The third-order valence-corrected chi connectivity index (χ3v) is 9.92. The van der Waals surface area contributed by atoms with E-state index >= 15 is 0 Å². The zero-order valence-corrected chi connectivity index (χ0v) is 18.7. The van der Waals surface area contributed by atoms with Gasteiger partial charge in [-0.05, 0) is 98.5 Å². The van der Waals surface area contributed by atoms with Crippen molar-refractivity contribution in [2.24, 2.45) is 28.6 Å². The van der Waals surface area contributed by atoms with Crippen LogP contribution in [-0.4, -0.2) is 45.7 Å². The minimum absolute atomic E-state index is 0.0210. The molecule has 5 unspecified atom stereocenters. The summed E-state index contributed by atoms with van der Waals surface area (Å²) in [5.74, 6) is 2.69. The number of fused-ring (bicyclic) bond motifs is 3. The summed E-state index contributed by atoms with van der Waals surface area (Å²) < 4.78 is 1.80. The number of aromatic nitrogens is 2. The highest BCUT2D eigenvalue weighted by molar-refractivity contribution is 5.95. The quantitative estimate of drug-likeness (QED) is 0.797. The zero-order chi connectivity index (χ0) is 21.5. The third-order valence-electron chi connectivity index (χ3n) is 9.92. The number of carbonyl (C=O) groups is 2. The molecule has 32 heavy (non-hydrogen) atoms. The van der Waals surface area contributed by atoms with Crippen molar-refractivity contribution in [1.82, 2.24) is 19.6 Å². The van der Waals surface area contributed by atoms with Crippen LogP contribution in [0.5, 0.6) is 0 Å². The molecule has 4 saturated carbocycles. The van der Waals surface area contributed by atoms with Crippen molar-refractivity contribution >= 4 is 17.5 Å². The van der Waals surface area contributed by atoms with E-state index in [4.69, 9.17) is 0 Å².